The van der Waals surface area contributed by atoms with Crippen molar-refractivity contribution in [1.29, 1.82) is 0 Å². The minimum absolute atomic E-state index is 0.0488. The molecule has 4 atom stereocenters. The van der Waals surface area contributed by atoms with Gasteiger partial charge >= 0.3 is 12.1 Å². The van der Waals surface area contributed by atoms with E-state index in [0.29, 0.717) is 13.0 Å². The fourth-order valence-corrected chi connectivity index (χ4v) is 4.99. The molecule has 3 aliphatic rings. The molecule has 0 radical (unpaired) electrons. The molecule has 2 amide bonds. The first-order valence-corrected chi connectivity index (χ1v) is 11.4. The Balaban J connectivity index is 1.19. The smallest absolute Gasteiger partial charge is 0.407 e. The van der Waals surface area contributed by atoms with Crippen molar-refractivity contribution < 1.29 is 33.7 Å². The normalized spacial score (nSPS) is 25.4. The standard InChI is InChI=1S/C25H26N2O7/c28-23(26-21-13-32-11-19(21)24(29)30)22-20(9-10-33-22)27-25(31)34-12-18-16-7-3-1-5-14(16)15-6-2-4-8-17(15)18/h1-8,18-22H,9-13H2,(H,26,28)(H,27,31)(H,29,30)/t19?,20-,21?,22+/m1/s1. The van der Waals surface area contributed by atoms with E-state index in [1.165, 1.54) is 0 Å². The Morgan fingerprint density at radius 2 is 1.62 bits per heavy atom. The molecular formula is C25H26N2O7. The summed E-state index contributed by atoms with van der Waals surface area (Å²) >= 11 is 0. The van der Waals surface area contributed by atoms with Gasteiger partial charge in [-0.15, -0.1) is 0 Å². The Labute approximate surface area is 196 Å². The average molecular weight is 466 g/mol. The van der Waals surface area contributed by atoms with E-state index in [2.05, 4.69) is 22.8 Å². The molecule has 0 bridgehead atoms. The second-order valence-corrected chi connectivity index (χ2v) is 8.75. The third kappa shape index (κ3) is 4.24. The van der Waals surface area contributed by atoms with Crippen LogP contribution in [0.1, 0.15) is 23.5 Å². The molecule has 2 unspecified atom stereocenters. The van der Waals surface area contributed by atoms with Crippen LogP contribution in [0.25, 0.3) is 11.1 Å². The van der Waals surface area contributed by atoms with Crippen LogP contribution >= 0.6 is 0 Å². The number of fused-ring (bicyclic) bond motifs is 3. The van der Waals surface area contributed by atoms with Crippen LogP contribution in [0, 0.1) is 5.92 Å². The van der Waals surface area contributed by atoms with Crippen molar-refractivity contribution in [2.45, 2.75) is 30.5 Å². The molecule has 3 N–H and O–H groups in total. The number of alkyl carbamates (subject to hydrolysis) is 1. The number of carbonyl (C=O) groups excluding carboxylic acids is 2. The van der Waals surface area contributed by atoms with Crippen LogP contribution < -0.4 is 10.6 Å². The Morgan fingerprint density at radius 3 is 2.29 bits per heavy atom. The Morgan fingerprint density at radius 1 is 0.941 bits per heavy atom. The summed E-state index contributed by atoms with van der Waals surface area (Å²) in [6.45, 7) is 0.646. The quantitative estimate of drug-likeness (QED) is 0.594. The predicted molar refractivity (Wildman–Crippen MR) is 120 cm³/mol. The van der Waals surface area contributed by atoms with E-state index in [0.717, 1.165) is 22.3 Å². The monoisotopic (exact) mass is 466 g/mol. The second kappa shape index (κ2) is 9.44. The largest absolute Gasteiger partial charge is 0.481 e. The first kappa shape index (κ1) is 22.4. The maximum Gasteiger partial charge on any atom is 0.407 e. The summed E-state index contributed by atoms with van der Waals surface area (Å²) in [4.78, 5) is 36.7. The third-order valence-corrected chi connectivity index (χ3v) is 6.72. The van der Waals surface area contributed by atoms with E-state index >= 15 is 0 Å². The van der Waals surface area contributed by atoms with Crippen molar-refractivity contribution in [3.8, 4) is 11.1 Å². The maximum absolute atomic E-state index is 12.7. The second-order valence-electron chi connectivity index (χ2n) is 8.75. The lowest BCUT2D eigenvalue weighted by molar-refractivity contribution is -0.142. The molecule has 0 saturated carbocycles. The summed E-state index contributed by atoms with van der Waals surface area (Å²) in [6.07, 6.45) is -1.09. The SMILES string of the molecule is O=C(N[C@@H]1CCO[C@@H]1C(=O)NC1COCC1C(=O)O)OCC1c2ccccc2-c2ccccc21. The zero-order valence-electron chi connectivity index (χ0n) is 18.4. The summed E-state index contributed by atoms with van der Waals surface area (Å²) in [7, 11) is 0. The third-order valence-electron chi connectivity index (χ3n) is 6.72. The number of ether oxygens (including phenoxy) is 3. The Bertz CT molecular complexity index is 1060. The van der Waals surface area contributed by atoms with Crippen LogP contribution in [0.3, 0.4) is 0 Å². The number of carbonyl (C=O) groups is 3. The summed E-state index contributed by atoms with van der Waals surface area (Å²) in [5.74, 6) is -2.36. The van der Waals surface area contributed by atoms with Gasteiger partial charge in [0.1, 0.15) is 12.5 Å². The zero-order valence-corrected chi connectivity index (χ0v) is 18.4. The molecule has 2 aromatic rings. The van der Waals surface area contributed by atoms with Gasteiger partial charge in [-0.2, -0.15) is 0 Å². The van der Waals surface area contributed by atoms with Crippen molar-refractivity contribution in [2.24, 2.45) is 5.92 Å². The number of carboxylic acids is 1. The molecule has 9 heteroatoms. The molecule has 0 aromatic heterocycles. The predicted octanol–water partition coefficient (Wildman–Crippen LogP) is 1.90. The number of aliphatic carboxylic acids is 1. The lowest BCUT2D eigenvalue weighted by Crippen LogP contribution is -2.52. The van der Waals surface area contributed by atoms with Gasteiger partial charge in [0.25, 0.3) is 5.91 Å². The van der Waals surface area contributed by atoms with Gasteiger partial charge < -0.3 is 30.0 Å². The molecule has 2 fully saturated rings. The van der Waals surface area contributed by atoms with Gasteiger partial charge in [-0.1, -0.05) is 48.5 Å². The highest BCUT2D eigenvalue weighted by Gasteiger charge is 2.40. The molecule has 34 heavy (non-hydrogen) atoms. The van der Waals surface area contributed by atoms with E-state index in [9.17, 15) is 19.5 Å². The van der Waals surface area contributed by atoms with E-state index in [4.69, 9.17) is 14.2 Å². The van der Waals surface area contributed by atoms with Crippen molar-refractivity contribution in [2.75, 3.05) is 26.4 Å². The van der Waals surface area contributed by atoms with Crippen molar-refractivity contribution in [3.05, 3.63) is 59.7 Å². The lowest BCUT2D eigenvalue weighted by Gasteiger charge is -2.23. The molecule has 0 spiro atoms. The van der Waals surface area contributed by atoms with Gasteiger partial charge in [0.05, 0.1) is 25.3 Å². The molecule has 178 valence electrons. The molecule has 2 saturated heterocycles. The van der Waals surface area contributed by atoms with Crippen LogP contribution in [0.2, 0.25) is 0 Å². The summed E-state index contributed by atoms with van der Waals surface area (Å²) < 4.78 is 16.3. The summed E-state index contributed by atoms with van der Waals surface area (Å²) in [6, 6.07) is 15.0. The first-order valence-electron chi connectivity index (χ1n) is 11.4. The van der Waals surface area contributed by atoms with Gasteiger partial charge in [-0.25, -0.2) is 4.79 Å². The highest BCUT2D eigenvalue weighted by atomic mass is 16.6. The fraction of sp³-hybridized carbons (Fsp3) is 0.400. The number of hydrogen-bond donors (Lipinski definition) is 3. The topological polar surface area (TPSA) is 123 Å². The van der Waals surface area contributed by atoms with Gasteiger partial charge in [-0.3, -0.25) is 9.59 Å². The van der Waals surface area contributed by atoms with Crippen LogP contribution in [0.4, 0.5) is 4.79 Å². The van der Waals surface area contributed by atoms with Gasteiger partial charge in [-0.05, 0) is 28.7 Å². The fourth-order valence-electron chi connectivity index (χ4n) is 4.99. The average Bonchev–Trinajstić information content (AvgIpc) is 3.55. The molecular weight excluding hydrogens is 440 g/mol. The minimum atomic E-state index is -1.02. The molecule has 5 rings (SSSR count). The molecule has 1 aliphatic carbocycles. The number of nitrogens with one attached hydrogen (secondary N) is 2. The highest BCUT2D eigenvalue weighted by molar-refractivity contribution is 5.84. The van der Waals surface area contributed by atoms with E-state index in [1.807, 2.05) is 36.4 Å². The van der Waals surface area contributed by atoms with Crippen LogP contribution in [-0.2, 0) is 23.8 Å². The molecule has 2 aromatic carbocycles. The van der Waals surface area contributed by atoms with Gasteiger partial charge in [0.2, 0.25) is 0 Å². The summed E-state index contributed by atoms with van der Waals surface area (Å²) in [5.41, 5.74) is 4.52. The Hall–Kier alpha value is -3.43. The minimum Gasteiger partial charge on any atom is -0.481 e. The molecule has 2 heterocycles. The van der Waals surface area contributed by atoms with Crippen molar-refractivity contribution >= 4 is 18.0 Å². The molecule has 2 aliphatic heterocycles. The van der Waals surface area contributed by atoms with Crippen molar-refractivity contribution in [3.63, 3.8) is 0 Å². The highest BCUT2D eigenvalue weighted by Crippen LogP contribution is 2.44. The van der Waals surface area contributed by atoms with E-state index < -0.39 is 42.1 Å². The number of amides is 2. The first-order chi connectivity index (χ1) is 16.5. The number of hydrogen-bond acceptors (Lipinski definition) is 6. The van der Waals surface area contributed by atoms with Crippen LogP contribution in [0.5, 0.6) is 0 Å². The number of benzene rings is 2. The van der Waals surface area contributed by atoms with Crippen LogP contribution in [0.15, 0.2) is 48.5 Å². The van der Waals surface area contributed by atoms with Crippen LogP contribution in [-0.4, -0.2) is 67.7 Å². The van der Waals surface area contributed by atoms with Crippen molar-refractivity contribution in [1.82, 2.24) is 10.6 Å². The zero-order chi connectivity index (χ0) is 23.7. The van der Waals surface area contributed by atoms with Gasteiger partial charge in [0.15, 0.2) is 6.10 Å². The van der Waals surface area contributed by atoms with Gasteiger partial charge in [0, 0.05) is 12.5 Å². The van der Waals surface area contributed by atoms with E-state index in [-0.39, 0.29) is 25.7 Å². The summed E-state index contributed by atoms with van der Waals surface area (Å²) in [5, 5.41) is 14.7. The number of carboxylic acid groups (broad SMARTS) is 1. The lowest BCUT2D eigenvalue weighted by atomic mass is 9.98. The Kier molecular flexibility index (Phi) is 6.21. The number of rotatable bonds is 6. The maximum atomic E-state index is 12.7. The molecule has 9 nitrogen and oxygen atoms in total. The van der Waals surface area contributed by atoms with E-state index in [1.54, 1.807) is 0 Å².